The van der Waals surface area contributed by atoms with E-state index in [0.717, 1.165) is 50.9 Å². The molecule has 0 aliphatic carbocycles. The lowest BCUT2D eigenvalue weighted by Gasteiger charge is -2.37. The second-order valence-corrected chi connectivity index (χ2v) is 7.18. The summed E-state index contributed by atoms with van der Waals surface area (Å²) in [5.74, 6) is 1.90. The second-order valence-electron chi connectivity index (χ2n) is 7.18. The Morgan fingerprint density at radius 3 is 2.50 bits per heavy atom. The number of hydrogen-bond donors (Lipinski definition) is 1. The predicted octanol–water partition coefficient (Wildman–Crippen LogP) is 2.39. The van der Waals surface area contributed by atoms with Crippen LogP contribution in [0, 0.1) is 13.8 Å². The van der Waals surface area contributed by atoms with Crippen molar-refractivity contribution in [2.24, 2.45) is 0 Å². The third-order valence-electron chi connectivity index (χ3n) is 5.04. The Kier molecular flexibility index (Phi) is 5.93. The molecule has 6 heteroatoms. The van der Waals surface area contributed by atoms with Gasteiger partial charge in [-0.05, 0) is 45.1 Å². The number of nitrogens with zero attached hydrogens (tertiary/aromatic N) is 5. The molecule has 6 nitrogen and oxygen atoms in total. The molecule has 0 radical (unpaired) electrons. The van der Waals surface area contributed by atoms with Gasteiger partial charge in [0.15, 0.2) is 0 Å². The van der Waals surface area contributed by atoms with E-state index in [0.29, 0.717) is 0 Å². The fraction of sp³-hybridized carbons (Fsp3) is 0.500. The fourth-order valence-corrected chi connectivity index (χ4v) is 3.28. The number of rotatable bonds is 6. The maximum atomic E-state index is 4.48. The number of benzene rings is 1. The molecule has 0 bridgehead atoms. The van der Waals surface area contributed by atoms with Gasteiger partial charge in [-0.1, -0.05) is 12.1 Å². The maximum Gasteiger partial charge on any atom is 0.134 e. The maximum absolute atomic E-state index is 4.48. The summed E-state index contributed by atoms with van der Waals surface area (Å²) < 4.78 is 0. The molecule has 0 spiro atoms. The molecule has 1 aliphatic rings. The third-order valence-corrected chi connectivity index (χ3v) is 5.04. The van der Waals surface area contributed by atoms with E-state index in [1.807, 2.05) is 0 Å². The van der Waals surface area contributed by atoms with Crippen LogP contribution in [0.5, 0.6) is 0 Å². The van der Waals surface area contributed by atoms with Crippen LogP contribution in [0.25, 0.3) is 0 Å². The van der Waals surface area contributed by atoms with Gasteiger partial charge in [-0.15, -0.1) is 0 Å². The van der Waals surface area contributed by atoms with Gasteiger partial charge < -0.3 is 20.0 Å². The zero-order valence-electron chi connectivity index (χ0n) is 16.4. The smallest absolute Gasteiger partial charge is 0.134 e. The van der Waals surface area contributed by atoms with E-state index in [1.54, 1.807) is 6.33 Å². The topological polar surface area (TPSA) is 47.5 Å². The number of piperazine rings is 1. The molecule has 1 saturated heterocycles. The summed E-state index contributed by atoms with van der Waals surface area (Å²) in [4.78, 5) is 15.8. The normalized spacial score (nSPS) is 14.8. The van der Waals surface area contributed by atoms with E-state index in [1.165, 1.54) is 16.8 Å². The van der Waals surface area contributed by atoms with Gasteiger partial charge >= 0.3 is 0 Å². The minimum Gasteiger partial charge on any atom is -0.369 e. The lowest BCUT2D eigenvalue weighted by atomic mass is 10.1. The highest BCUT2D eigenvalue weighted by molar-refractivity contribution is 5.57. The standard InChI is InChI=1S/C20H30N6/c1-16-6-5-7-18(17(16)2)25-10-12-26(13-11-25)20-14-19(22-15-23-20)21-8-9-24(3)4/h5-7,14-15H,8-13H2,1-4H3,(H,21,22,23). The molecule has 0 unspecified atom stereocenters. The summed E-state index contributed by atoms with van der Waals surface area (Å²) in [5.41, 5.74) is 4.10. The Balaban J connectivity index is 1.60. The summed E-state index contributed by atoms with van der Waals surface area (Å²) in [7, 11) is 4.14. The zero-order valence-corrected chi connectivity index (χ0v) is 16.4. The molecule has 1 aliphatic heterocycles. The fourth-order valence-electron chi connectivity index (χ4n) is 3.28. The molecule has 0 saturated carbocycles. The lowest BCUT2D eigenvalue weighted by Crippen LogP contribution is -2.47. The minimum atomic E-state index is 0.879. The first kappa shape index (κ1) is 18.5. The molecule has 2 heterocycles. The van der Waals surface area contributed by atoms with Crippen LogP contribution in [-0.4, -0.2) is 68.2 Å². The van der Waals surface area contributed by atoms with E-state index in [4.69, 9.17) is 0 Å². The van der Waals surface area contributed by atoms with Gasteiger partial charge in [0.2, 0.25) is 0 Å². The quantitative estimate of drug-likeness (QED) is 0.860. The molecule has 3 rings (SSSR count). The van der Waals surface area contributed by atoms with Crippen LogP contribution in [0.15, 0.2) is 30.6 Å². The van der Waals surface area contributed by atoms with Crippen LogP contribution >= 0.6 is 0 Å². The molecule has 1 aromatic heterocycles. The summed E-state index contributed by atoms with van der Waals surface area (Å²) in [6.07, 6.45) is 1.66. The van der Waals surface area contributed by atoms with E-state index in [2.05, 4.69) is 82.2 Å². The van der Waals surface area contributed by atoms with E-state index < -0.39 is 0 Å². The van der Waals surface area contributed by atoms with Crippen molar-refractivity contribution in [1.29, 1.82) is 0 Å². The van der Waals surface area contributed by atoms with E-state index in [-0.39, 0.29) is 0 Å². The zero-order chi connectivity index (χ0) is 18.5. The van der Waals surface area contributed by atoms with Crippen molar-refractivity contribution >= 4 is 17.3 Å². The molecule has 0 amide bonds. The highest BCUT2D eigenvalue weighted by atomic mass is 15.3. The number of anilines is 3. The Morgan fingerprint density at radius 1 is 1.04 bits per heavy atom. The number of hydrogen-bond acceptors (Lipinski definition) is 6. The Bertz CT molecular complexity index is 722. The first-order chi connectivity index (χ1) is 12.5. The highest BCUT2D eigenvalue weighted by Gasteiger charge is 2.20. The molecule has 140 valence electrons. The Hall–Kier alpha value is -2.34. The van der Waals surface area contributed by atoms with E-state index >= 15 is 0 Å². The predicted molar refractivity (Wildman–Crippen MR) is 109 cm³/mol. The summed E-state index contributed by atoms with van der Waals surface area (Å²) in [6, 6.07) is 8.62. The molecule has 1 N–H and O–H groups in total. The van der Waals surface area contributed by atoms with Gasteiger partial charge in [-0.2, -0.15) is 0 Å². The first-order valence-electron chi connectivity index (χ1n) is 9.31. The van der Waals surface area contributed by atoms with Crippen LogP contribution in [-0.2, 0) is 0 Å². The van der Waals surface area contributed by atoms with Crippen LogP contribution in [0.3, 0.4) is 0 Å². The number of nitrogens with one attached hydrogen (secondary N) is 1. The van der Waals surface area contributed by atoms with Crippen LogP contribution in [0.4, 0.5) is 17.3 Å². The minimum absolute atomic E-state index is 0.879. The molecule has 26 heavy (non-hydrogen) atoms. The molecule has 1 aromatic carbocycles. The average molecular weight is 355 g/mol. The van der Waals surface area contributed by atoms with Gasteiger partial charge in [0.05, 0.1) is 0 Å². The van der Waals surface area contributed by atoms with Crippen molar-refractivity contribution in [2.75, 3.05) is 68.5 Å². The number of likely N-dealkylation sites (N-methyl/N-ethyl adjacent to an activating group) is 1. The second kappa shape index (κ2) is 8.36. The summed E-state index contributed by atoms with van der Waals surface area (Å²) >= 11 is 0. The monoisotopic (exact) mass is 354 g/mol. The highest BCUT2D eigenvalue weighted by Crippen LogP contribution is 2.25. The van der Waals surface area contributed by atoms with Gasteiger partial charge in [0.25, 0.3) is 0 Å². The Labute approximate surface area is 156 Å². The summed E-state index contributed by atoms with van der Waals surface area (Å²) in [6.45, 7) is 10.2. The van der Waals surface area contributed by atoms with Crippen LogP contribution in [0.2, 0.25) is 0 Å². The van der Waals surface area contributed by atoms with Crippen LogP contribution in [0.1, 0.15) is 11.1 Å². The van der Waals surface area contributed by atoms with Gasteiger partial charge in [-0.3, -0.25) is 0 Å². The molecule has 0 atom stereocenters. The van der Waals surface area contributed by atoms with Crippen molar-refractivity contribution in [3.63, 3.8) is 0 Å². The van der Waals surface area contributed by atoms with Crippen molar-refractivity contribution in [3.05, 3.63) is 41.7 Å². The van der Waals surface area contributed by atoms with Gasteiger partial charge in [-0.25, -0.2) is 9.97 Å². The van der Waals surface area contributed by atoms with Gasteiger partial charge in [0, 0.05) is 51.0 Å². The first-order valence-corrected chi connectivity index (χ1v) is 9.31. The molecule has 2 aromatic rings. The average Bonchev–Trinajstić information content (AvgIpc) is 2.64. The van der Waals surface area contributed by atoms with Crippen molar-refractivity contribution in [3.8, 4) is 0 Å². The Morgan fingerprint density at radius 2 is 1.77 bits per heavy atom. The van der Waals surface area contributed by atoms with Crippen LogP contribution < -0.4 is 15.1 Å². The summed E-state index contributed by atoms with van der Waals surface area (Å²) in [5, 5.41) is 3.37. The number of aryl methyl sites for hydroxylation is 1. The number of aromatic nitrogens is 2. The largest absolute Gasteiger partial charge is 0.369 e. The molecule has 1 fully saturated rings. The third kappa shape index (κ3) is 4.43. The molecular formula is C20H30N6. The molecular weight excluding hydrogens is 324 g/mol. The SMILES string of the molecule is Cc1cccc(N2CCN(c3cc(NCCN(C)C)ncn3)CC2)c1C. The van der Waals surface area contributed by atoms with Crippen molar-refractivity contribution in [1.82, 2.24) is 14.9 Å². The van der Waals surface area contributed by atoms with Crippen molar-refractivity contribution < 1.29 is 0 Å². The lowest BCUT2D eigenvalue weighted by molar-refractivity contribution is 0.425. The van der Waals surface area contributed by atoms with Crippen molar-refractivity contribution in [2.45, 2.75) is 13.8 Å². The van der Waals surface area contributed by atoms with E-state index in [9.17, 15) is 0 Å². The van der Waals surface area contributed by atoms with Gasteiger partial charge in [0.1, 0.15) is 18.0 Å².